The van der Waals surface area contributed by atoms with Crippen LogP contribution in [-0.2, 0) is 11.2 Å². The predicted octanol–water partition coefficient (Wildman–Crippen LogP) is 2.00. The summed E-state index contributed by atoms with van der Waals surface area (Å²) in [5.74, 6) is 0.0814. The van der Waals surface area contributed by atoms with Crippen LogP contribution in [0.15, 0.2) is 18.2 Å². The normalized spacial score (nSPS) is 16.4. The highest BCUT2D eigenvalue weighted by Crippen LogP contribution is 2.31. The lowest BCUT2D eigenvalue weighted by atomic mass is 10.2. The van der Waals surface area contributed by atoms with Gasteiger partial charge in [0.05, 0.1) is 12.5 Å². The van der Waals surface area contributed by atoms with Crippen LogP contribution in [-0.4, -0.2) is 23.7 Å². The first-order valence-corrected chi connectivity index (χ1v) is 5.72. The molecular formula is C12H14ClNO2. The summed E-state index contributed by atoms with van der Waals surface area (Å²) in [6.45, 7) is 2.27. The number of hydrogen-bond donors (Lipinski definition) is 1. The largest absolute Gasteiger partial charge is 0.393 e. The highest BCUT2D eigenvalue weighted by molar-refractivity contribution is 6.31. The van der Waals surface area contributed by atoms with Gasteiger partial charge in [-0.3, -0.25) is 4.79 Å². The second kappa shape index (κ2) is 4.44. The fourth-order valence-corrected chi connectivity index (χ4v) is 2.06. The number of hydrogen-bond acceptors (Lipinski definition) is 2. The van der Waals surface area contributed by atoms with Crippen molar-refractivity contribution in [3.63, 3.8) is 0 Å². The third kappa shape index (κ3) is 2.20. The van der Waals surface area contributed by atoms with Crippen molar-refractivity contribution in [2.45, 2.75) is 25.9 Å². The zero-order valence-electron chi connectivity index (χ0n) is 9.11. The number of aliphatic hydroxyl groups excluding tert-OH is 1. The van der Waals surface area contributed by atoms with E-state index in [1.807, 2.05) is 12.1 Å². The Morgan fingerprint density at radius 2 is 2.31 bits per heavy atom. The maximum absolute atomic E-state index is 11.8. The quantitative estimate of drug-likeness (QED) is 0.877. The van der Waals surface area contributed by atoms with E-state index < -0.39 is 6.10 Å². The average molecular weight is 240 g/mol. The number of aliphatic hydroxyl groups is 1. The predicted molar refractivity (Wildman–Crippen MR) is 63.8 cm³/mol. The lowest BCUT2D eigenvalue weighted by Gasteiger charge is -2.18. The summed E-state index contributed by atoms with van der Waals surface area (Å²) >= 11 is 5.91. The summed E-state index contributed by atoms with van der Waals surface area (Å²) in [5.41, 5.74) is 1.90. The van der Waals surface area contributed by atoms with Gasteiger partial charge in [0.1, 0.15) is 0 Å². The molecule has 0 saturated heterocycles. The van der Waals surface area contributed by atoms with Gasteiger partial charge in [0.15, 0.2) is 0 Å². The van der Waals surface area contributed by atoms with Gasteiger partial charge in [0, 0.05) is 17.3 Å². The Morgan fingerprint density at radius 1 is 1.56 bits per heavy atom. The topological polar surface area (TPSA) is 40.5 Å². The van der Waals surface area contributed by atoms with Gasteiger partial charge in [-0.1, -0.05) is 17.7 Å². The zero-order chi connectivity index (χ0) is 11.7. The van der Waals surface area contributed by atoms with E-state index in [9.17, 15) is 9.90 Å². The molecule has 1 heterocycles. The van der Waals surface area contributed by atoms with Crippen molar-refractivity contribution in [1.82, 2.24) is 0 Å². The van der Waals surface area contributed by atoms with Crippen molar-refractivity contribution in [3.8, 4) is 0 Å². The number of carbonyl (C=O) groups excluding carboxylic acids is 1. The molecule has 0 aliphatic carbocycles. The molecule has 1 unspecified atom stereocenters. The van der Waals surface area contributed by atoms with Crippen LogP contribution >= 0.6 is 11.6 Å². The van der Waals surface area contributed by atoms with Gasteiger partial charge < -0.3 is 10.0 Å². The van der Waals surface area contributed by atoms with Gasteiger partial charge in [-0.25, -0.2) is 0 Å². The van der Waals surface area contributed by atoms with E-state index in [2.05, 4.69) is 0 Å². The monoisotopic (exact) mass is 239 g/mol. The standard InChI is InChI=1S/C12H14ClNO2/c1-8(15)4-5-14-11-7-10(13)3-2-9(11)6-12(14)16/h2-3,7-8,15H,4-6H2,1H3. The lowest BCUT2D eigenvalue weighted by Crippen LogP contribution is -2.29. The Morgan fingerprint density at radius 3 is 3.00 bits per heavy atom. The Kier molecular flexibility index (Phi) is 3.17. The molecule has 3 nitrogen and oxygen atoms in total. The molecule has 0 bridgehead atoms. The number of amides is 1. The van der Waals surface area contributed by atoms with E-state index in [0.717, 1.165) is 11.3 Å². The second-order valence-corrected chi connectivity index (χ2v) is 4.57. The fraction of sp³-hybridized carbons (Fsp3) is 0.417. The zero-order valence-corrected chi connectivity index (χ0v) is 9.87. The minimum atomic E-state index is -0.393. The molecular weight excluding hydrogens is 226 g/mol. The van der Waals surface area contributed by atoms with E-state index in [4.69, 9.17) is 11.6 Å². The van der Waals surface area contributed by atoms with Gasteiger partial charge in [0.2, 0.25) is 5.91 Å². The summed E-state index contributed by atoms with van der Waals surface area (Å²) in [4.78, 5) is 13.5. The Labute approximate surface area is 99.6 Å². The molecule has 0 fully saturated rings. The lowest BCUT2D eigenvalue weighted by molar-refractivity contribution is -0.117. The third-order valence-corrected chi connectivity index (χ3v) is 2.99. The summed E-state index contributed by atoms with van der Waals surface area (Å²) in [6, 6.07) is 5.49. The molecule has 1 aliphatic heterocycles. The number of fused-ring (bicyclic) bond motifs is 1. The van der Waals surface area contributed by atoms with Gasteiger partial charge in [0.25, 0.3) is 0 Å². The SMILES string of the molecule is CC(O)CCN1C(=O)Cc2ccc(Cl)cc21. The molecule has 2 rings (SSSR count). The molecule has 0 saturated carbocycles. The molecule has 1 aromatic rings. The van der Waals surface area contributed by atoms with Crippen molar-refractivity contribution >= 4 is 23.2 Å². The van der Waals surface area contributed by atoms with Crippen LogP contribution < -0.4 is 4.90 Å². The first kappa shape index (κ1) is 11.4. The number of carbonyl (C=O) groups is 1. The van der Waals surface area contributed by atoms with Crippen LogP contribution in [0.2, 0.25) is 5.02 Å². The van der Waals surface area contributed by atoms with Crippen molar-refractivity contribution in [3.05, 3.63) is 28.8 Å². The highest BCUT2D eigenvalue weighted by Gasteiger charge is 2.26. The van der Waals surface area contributed by atoms with Crippen LogP contribution in [0, 0.1) is 0 Å². The number of halogens is 1. The Bertz CT molecular complexity index is 417. The first-order chi connectivity index (χ1) is 7.58. The second-order valence-electron chi connectivity index (χ2n) is 4.13. The fourth-order valence-electron chi connectivity index (χ4n) is 1.89. The molecule has 16 heavy (non-hydrogen) atoms. The van der Waals surface area contributed by atoms with Gasteiger partial charge in [-0.05, 0) is 31.0 Å². The van der Waals surface area contributed by atoms with Crippen LogP contribution in [0.25, 0.3) is 0 Å². The number of benzene rings is 1. The maximum Gasteiger partial charge on any atom is 0.231 e. The van der Waals surface area contributed by atoms with E-state index in [1.165, 1.54) is 0 Å². The Balaban J connectivity index is 2.21. The van der Waals surface area contributed by atoms with Crippen LogP contribution in [0.4, 0.5) is 5.69 Å². The molecule has 86 valence electrons. The highest BCUT2D eigenvalue weighted by atomic mass is 35.5. The summed E-state index contributed by atoms with van der Waals surface area (Å²) in [6.07, 6.45) is 0.625. The van der Waals surface area contributed by atoms with Crippen molar-refractivity contribution in [2.24, 2.45) is 0 Å². The van der Waals surface area contributed by atoms with Crippen molar-refractivity contribution in [2.75, 3.05) is 11.4 Å². The molecule has 1 atom stereocenters. The van der Waals surface area contributed by atoms with E-state index in [1.54, 1.807) is 17.9 Å². The van der Waals surface area contributed by atoms with E-state index in [0.29, 0.717) is 24.4 Å². The summed E-state index contributed by atoms with van der Waals surface area (Å²) in [7, 11) is 0. The number of rotatable bonds is 3. The third-order valence-electron chi connectivity index (χ3n) is 2.75. The summed E-state index contributed by atoms with van der Waals surface area (Å²) < 4.78 is 0. The molecule has 0 aromatic heterocycles. The molecule has 1 N–H and O–H groups in total. The number of anilines is 1. The molecule has 1 aromatic carbocycles. The van der Waals surface area contributed by atoms with Gasteiger partial charge in [-0.15, -0.1) is 0 Å². The van der Waals surface area contributed by atoms with Crippen molar-refractivity contribution < 1.29 is 9.90 Å². The Hall–Kier alpha value is -1.06. The van der Waals surface area contributed by atoms with Gasteiger partial charge in [-0.2, -0.15) is 0 Å². The van der Waals surface area contributed by atoms with E-state index in [-0.39, 0.29) is 5.91 Å². The molecule has 0 radical (unpaired) electrons. The van der Waals surface area contributed by atoms with E-state index >= 15 is 0 Å². The van der Waals surface area contributed by atoms with Gasteiger partial charge >= 0.3 is 0 Å². The first-order valence-electron chi connectivity index (χ1n) is 5.35. The average Bonchev–Trinajstić information content (AvgIpc) is 2.51. The van der Waals surface area contributed by atoms with Crippen LogP contribution in [0.1, 0.15) is 18.9 Å². The minimum Gasteiger partial charge on any atom is -0.393 e. The molecule has 0 spiro atoms. The molecule has 1 aliphatic rings. The minimum absolute atomic E-state index is 0.0814. The van der Waals surface area contributed by atoms with Crippen molar-refractivity contribution in [1.29, 1.82) is 0 Å². The molecule has 1 amide bonds. The maximum atomic E-state index is 11.8. The molecule has 4 heteroatoms. The van der Waals surface area contributed by atoms with Crippen LogP contribution in [0.3, 0.4) is 0 Å². The smallest absolute Gasteiger partial charge is 0.231 e. The number of nitrogens with zero attached hydrogens (tertiary/aromatic N) is 1. The summed E-state index contributed by atoms with van der Waals surface area (Å²) in [5, 5.41) is 9.87. The van der Waals surface area contributed by atoms with Crippen LogP contribution in [0.5, 0.6) is 0 Å².